The van der Waals surface area contributed by atoms with Crippen LogP contribution in [0.5, 0.6) is 0 Å². The van der Waals surface area contributed by atoms with Crippen LogP contribution in [0.25, 0.3) is 0 Å². The highest BCUT2D eigenvalue weighted by molar-refractivity contribution is 6.30. The van der Waals surface area contributed by atoms with Gasteiger partial charge >= 0.3 is 0 Å². The lowest BCUT2D eigenvalue weighted by molar-refractivity contribution is 0.416. The Morgan fingerprint density at radius 3 is 2.38 bits per heavy atom. The second-order valence-corrected chi connectivity index (χ2v) is 4.84. The molecule has 0 aliphatic heterocycles. The molecule has 0 saturated carbocycles. The molecule has 16 heavy (non-hydrogen) atoms. The van der Waals surface area contributed by atoms with Crippen LogP contribution in [0.2, 0.25) is 5.02 Å². The molecule has 0 aliphatic carbocycles. The topological polar surface area (TPSA) is 6.48 Å². The first-order valence-electron chi connectivity index (χ1n) is 5.25. The highest BCUT2D eigenvalue weighted by Crippen LogP contribution is 2.24. The minimum atomic E-state index is 0.488. The lowest BCUT2D eigenvalue weighted by atomic mass is 10.2. The molecule has 4 heteroatoms. The average Bonchev–Trinajstić information content (AvgIpc) is 2.25. The van der Waals surface area contributed by atoms with E-state index in [4.69, 9.17) is 23.2 Å². The molecule has 0 bridgehead atoms. The molecule has 1 aromatic rings. The first-order valence-corrected chi connectivity index (χ1v) is 6.16. The fourth-order valence-electron chi connectivity index (χ4n) is 1.50. The summed E-state index contributed by atoms with van der Waals surface area (Å²) in [6.45, 7) is 1.99. The minimum absolute atomic E-state index is 0.488. The molecule has 0 aliphatic rings. The van der Waals surface area contributed by atoms with Gasteiger partial charge in [0.15, 0.2) is 0 Å². The number of halogens is 2. The van der Waals surface area contributed by atoms with E-state index in [1.165, 1.54) is 0 Å². The van der Waals surface area contributed by atoms with Gasteiger partial charge in [0.2, 0.25) is 0 Å². The van der Waals surface area contributed by atoms with Crippen LogP contribution in [0.4, 0.5) is 5.69 Å². The minimum Gasteiger partial charge on any atom is -0.373 e. The maximum atomic E-state index is 5.94. The number of nitrogens with zero attached hydrogens (tertiary/aromatic N) is 2. The molecule has 0 aromatic heterocycles. The Bertz CT molecular complexity index is 340. The van der Waals surface area contributed by atoms with Gasteiger partial charge in [0.1, 0.15) is 0 Å². The summed E-state index contributed by atoms with van der Waals surface area (Å²) in [4.78, 5) is 4.36. The smallest absolute Gasteiger partial charge is 0.0495 e. The van der Waals surface area contributed by atoms with Gasteiger partial charge in [0, 0.05) is 36.7 Å². The second-order valence-electron chi connectivity index (χ2n) is 4.13. The number of hydrogen-bond donors (Lipinski definition) is 0. The zero-order chi connectivity index (χ0) is 12.1. The third-order valence-electron chi connectivity index (χ3n) is 2.48. The van der Waals surface area contributed by atoms with E-state index in [2.05, 4.69) is 30.9 Å². The van der Waals surface area contributed by atoms with E-state index in [9.17, 15) is 0 Å². The molecule has 0 spiro atoms. The Morgan fingerprint density at radius 2 is 1.81 bits per heavy atom. The molecular weight excluding hydrogens is 243 g/mol. The lowest BCUT2D eigenvalue weighted by Gasteiger charge is -2.23. The van der Waals surface area contributed by atoms with Crippen LogP contribution >= 0.6 is 23.2 Å². The molecule has 1 aromatic carbocycles. The molecule has 0 radical (unpaired) electrons. The Morgan fingerprint density at radius 1 is 1.12 bits per heavy atom. The Kier molecular flexibility index (Phi) is 5.39. The first kappa shape index (κ1) is 13.6. The fourth-order valence-corrected chi connectivity index (χ4v) is 1.91. The van der Waals surface area contributed by atoms with Gasteiger partial charge in [-0.1, -0.05) is 11.6 Å². The zero-order valence-electron chi connectivity index (χ0n) is 10.0. The molecule has 0 saturated heterocycles. The quantitative estimate of drug-likeness (QED) is 0.751. The molecular formula is C12H18Cl2N2. The van der Waals surface area contributed by atoms with Crippen molar-refractivity contribution in [1.82, 2.24) is 4.90 Å². The predicted molar refractivity (Wildman–Crippen MR) is 72.8 cm³/mol. The fraction of sp³-hybridized carbons (Fsp3) is 0.500. The highest BCUT2D eigenvalue weighted by atomic mass is 35.5. The predicted octanol–water partition coefficient (Wildman–Crippen LogP) is 3.08. The van der Waals surface area contributed by atoms with Crippen molar-refractivity contribution in [3.8, 4) is 0 Å². The van der Waals surface area contributed by atoms with Crippen LogP contribution in [0.15, 0.2) is 18.2 Å². The summed E-state index contributed by atoms with van der Waals surface area (Å²) in [6, 6.07) is 5.85. The van der Waals surface area contributed by atoms with Crippen molar-refractivity contribution in [3.05, 3.63) is 28.8 Å². The summed E-state index contributed by atoms with van der Waals surface area (Å²) in [5.41, 5.74) is 2.23. The zero-order valence-corrected chi connectivity index (χ0v) is 11.5. The molecule has 0 amide bonds. The Hall–Kier alpha value is -0.440. The van der Waals surface area contributed by atoms with Crippen molar-refractivity contribution in [2.24, 2.45) is 0 Å². The number of likely N-dealkylation sites (N-methyl/N-ethyl adjacent to an activating group) is 2. The van der Waals surface area contributed by atoms with E-state index < -0.39 is 0 Å². The van der Waals surface area contributed by atoms with Gasteiger partial charge in [-0.15, -0.1) is 11.6 Å². The Labute approximate surface area is 108 Å². The van der Waals surface area contributed by atoms with Crippen LogP contribution in [0, 0.1) is 0 Å². The SMILES string of the molecule is CN(C)CCN(C)c1ccc(Cl)cc1CCl. The third-order valence-corrected chi connectivity index (χ3v) is 3.00. The number of rotatable bonds is 5. The van der Waals surface area contributed by atoms with Gasteiger partial charge < -0.3 is 9.80 Å². The van der Waals surface area contributed by atoms with Crippen LogP contribution < -0.4 is 4.90 Å². The van der Waals surface area contributed by atoms with Gasteiger partial charge in [0.05, 0.1) is 0 Å². The van der Waals surface area contributed by atoms with E-state index in [0.29, 0.717) is 5.88 Å². The van der Waals surface area contributed by atoms with Gasteiger partial charge in [0.25, 0.3) is 0 Å². The Balaban J connectivity index is 2.77. The normalized spacial score (nSPS) is 10.9. The van der Waals surface area contributed by atoms with Crippen LogP contribution in [0.3, 0.4) is 0 Å². The maximum Gasteiger partial charge on any atom is 0.0495 e. The molecule has 0 N–H and O–H groups in total. The molecule has 2 nitrogen and oxygen atoms in total. The lowest BCUT2D eigenvalue weighted by Crippen LogP contribution is -2.29. The van der Waals surface area contributed by atoms with Crippen molar-refractivity contribution in [2.45, 2.75) is 5.88 Å². The summed E-state index contributed by atoms with van der Waals surface area (Å²) in [5.74, 6) is 0.488. The summed E-state index contributed by atoms with van der Waals surface area (Å²) in [6.07, 6.45) is 0. The van der Waals surface area contributed by atoms with Crippen LogP contribution in [0.1, 0.15) is 5.56 Å². The third kappa shape index (κ3) is 3.85. The maximum absolute atomic E-state index is 5.94. The van der Waals surface area contributed by atoms with Crippen LogP contribution in [-0.2, 0) is 5.88 Å². The van der Waals surface area contributed by atoms with Gasteiger partial charge in [-0.25, -0.2) is 0 Å². The molecule has 1 rings (SSSR count). The number of hydrogen-bond acceptors (Lipinski definition) is 2. The van der Waals surface area contributed by atoms with E-state index >= 15 is 0 Å². The standard InChI is InChI=1S/C12H18Cl2N2/c1-15(2)6-7-16(3)12-5-4-11(14)8-10(12)9-13/h4-5,8H,6-7,9H2,1-3H3. The van der Waals surface area contributed by atoms with Crippen molar-refractivity contribution in [1.29, 1.82) is 0 Å². The number of benzene rings is 1. The highest BCUT2D eigenvalue weighted by Gasteiger charge is 2.07. The number of alkyl halides is 1. The van der Waals surface area contributed by atoms with Crippen molar-refractivity contribution in [3.63, 3.8) is 0 Å². The second kappa shape index (κ2) is 6.33. The molecule has 0 heterocycles. The largest absolute Gasteiger partial charge is 0.373 e. The summed E-state index contributed by atoms with van der Waals surface area (Å²) in [5, 5.41) is 0.736. The van der Waals surface area contributed by atoms with Gasteiger partial charge in [-0.05, 0) is 37.9 Å². The van der Waals surface area contributed by atoms with Gasteiger partial charge in [-0.3, -0.25) is 0 Å². The van der Waals surface area contributed by atoms with E-state index in [1.807, 2.05) is 18.2 Å². The molecule has 90 valence electrons. The van der Waals surface area contributed by atoms with Crippen molar-refractivity contribution >= 4 is 28.9 Å². The number of anilines is 1. The van der Waals surface area contributed by atoms with Gasteiger partial charge in [-0.2, -0.15) is 0 Å². The molecule has 0 unspecified atom stereocenters. The molecule has 0 fully saturated rings. The van der Waals surface area contributed by atoms with E-state index in [1.54, 1.807) is 0 Å². The first-order chi connectivity index (χ1) is 7.54. The van der Waals surface area contributed by atoms with E-state index in [0.717, 1.165) is 29.4 Å². The molecule has 0 atom stereocenters. The van der Waals surface area contributed by atoms with Crippen molar-refractivity contribution < 1.29 is 0 Å². The summed E-state index contributed by atoms with van der Waals surface area (Å²) in [7, 11) is 6.21. The van der Waals surface area contributed by atoms with E-state index in [-0.39, 0.29) is 0 Å². The summed E-state index contributed by atoms with van der Waals surface area (Å²) >= 11 is 11.9. The average molecular weight is 261 g/mol. The van der Waals surface area contributed by atoms with Crippen molar-refractivity contribution in [2.75, 3.05) is 39.1 Å². The summed E-state index contributed by atoms with van der Waals surface area (Å²) < 4.78 is 0. The van der Waals surface area contributed by atoms with Crippen LogP contribution in [-0.4, -0.2) is 39.1 Å². The monoisotopic (exact) mass is 260 g/mol.